The Bertz CT molecular complexity index is 1140. The van der Waals surface area contributed by atoms with Crippen LogP contribution in [0.15, 0.2) is 59.7 Å². The zero-order valence-corrected chi connectivity index (χ0v) is 18.1. The number of benzene rings is 3. The second kappa shape index (κ2) is 10.1. The number of hydrazone groups is 1. The molecule has 0 spiro atoms. The second-order valence-electron chi connectivity index (χ2n) is 7.59. The summed E-state index contributed by atoms with van der Waals surface area (Å²) in [5.41, 5.74) is 4.27. The molecule has 3 N–H and O–H groups in total. The predicted octanol–water partition coefficient (Wildman–Crippen LogP) is 5.34. The van der Waals surface area contributed by atoms with Crippen LogP contribution in [-0.2, 0) is 4.79 Å². The number of fused-ring (bicyclic) bond motifs is 1. The monoisotopic (exact) mass is 437 g/mol. The van der Waals surface area contributed by atoms with E-state index in [0.29, 0.717) is 12.3 Å². The van der Waals surface area contributed by atoms with Gasteiger partial charge in [0.25, 0.3) is 5.91 Å². The fraction of sp³-hybridized carbons (Fsp3) is 0.208. The zero-order valence-electron chi connectivity index (χ0n) is 17.4. The first-order valence-electron chi connectivity index (χ1n) is 9.98. The van der Waals surface area contributed by atoms with Crippen LogP contribution in [0.4, 0.5) is 5.69 Å². The van der Waals surface area contributed by atoms with Crippen molar-refractivity contribution in [1.29, 1.82) is 0 Å². The molecular formula is C24H24ClN3O3. The zero-order chi connectivity index (χ0) is 22.4. The number of carbonyl (C=O) groups excluding carboxylic acids is 2. The smallest absolute Gasteiger partial charge is 0.271 e. The van der Waals surface area contributed by atoms with Gasteiger partial charge >= 0.3 is 0 Å². The fourth-order valence-corrected chi connectivity index (χ4v) is 3.23. The summed E-state index contributed by atoms with van der Waals surface area (Å²) < 4.78 is 0. The van der Waals surface area contributed by atoms with E-state index in [4.69, 9.17) is 11.6 Å². The molecule has 0 saturated heterocycles. The highest BCUT2D eigenvalue weighted by molar-refractivity contribution is 6.32. The number of hydrogen-bond donors (Lipinski definition) is 3. The van der Waals surface area contributed by atoms with E-state index in [9.17, 15) is 14.7 Å². The van der Waals surface area contributed by atoms with Crippen molar-refractivity contribution < 1.29 is 14.7 Å². The summed E-state index contributed by atoms with van der Waals surface area (Å²) in [5.74, 6) is -0.0879. The maximum absolute atomic E-state index is 12.3. The highest BCUT2D eigenvalue weighted by Crippen LogP contribution is 2.26. The molecule has 6 nitrogen and oxygen atoms in total. The number of halogens is 1. The number of amides is 2. The third-order valence-electron chi connectivity index (χ3n) is 4.76. The van der Waals surface area contributed by atoms with E-state index in [1.54, 1.807) is 6.21 Å². The van der Waals surface area contributed by atoms with Crippen LogP contribution in [0.1, 0.15) is 42.6 Å². The molecule has 3 aromatic carbocycles. The lowest BCUT2D eigenvalue weighted by molar-refractivity contribution is -0.116. The molecule has 0 saturated carbocycles. The maximum Gasteiger partial charge on any atom is 0.271 e. The van der Waals surface area contributed by atoms with Gasteiger partial charge in [-0.05, 0) is 42.0 Å². The van der Waals surface area contributed by atoms with Crippen LogP contribution in [0.2, 0.25) is 5.02 Å². The first-order valence-corrected chi connectivity index (χ1v) is 10.4. The van der Waals surface area contributed by atoms with Crippen LogP contribution in [0.25, 0.3) is 10.8 Å². The quantitative estimate of drug-likeness (QED) is 0.344. The van der Waals surface area contributed by atoms with Crippen molar-refractivity contribution in [1.82, 2.24) is 5.43 Å². The highest BCUT2D eigenvalue weighted by atomic mass is 35.5. The van der Waals surface area contributed by atoms with E-state index in [1.165, 1.54) is 18.2 Å². The van der Waals surface area contributed by atoms with E-state index in [2.05, 4.69) is 29.7 Å². The van der Waals surface area contributed by atoms with E-state index in [-0.39, 0.29) is 22.2 Å². The Morgan fingerprint density at radius 1 is 1.10 bits per heavy atom. The minimum atomic E-state index is -0.448. The average molecular weight is 438 g/mol. The Kier molecular flexibility index (Phi) is 7.26. The van der Waals surface area contributed by atoms with Gasteiger partial charge in [0.2, 0.25) is 5.91 Å². The van der Waals surface area contributed by atoms with Crippen molar-refractivity contribution in [3.8, 4) is 5.75 Å². The minimum Gasteiger partial charge on any atom is -0.506 e. The second-order valence-corrected chi connectivity index (χ2v) is 8.00. The molecule has 0 radical (unpaired) electrons. The van der Waals surface area contributed by atoms with E-state index >= 15 is 0 Å². The lowest BCUT2D eigenvalue weighted by atomic mass is 10.0. The third-order valence-corrected chi connectivity index (χ3v) is 5.06. The molecule has 2 amide bonds. The first kappa shape index (κ1) is 22.3. The van der Waals surface area contributed by atoms with Gasteiger partial charge in [-0.3, -0.25) is 9.59 Å². The lowest BCUT2D eigenvalue weighted by Gasteiger charge is -2.11. The predicted molar refractivity (Wildman–Crippen MR) is 125 cm³/mol. The van der Waals surface area contributed by atoms with Crippen molar-refractivity contribution >= 4 is 46.1 Å². The molecule has 0 aliphatic rings. The normalized spacial score (nSPS) is 11.2. The number of aromatic hydroxyl groups is 1. The van der Waals surface area contributed by atoms with Gasteiger partial charge in [-0.15, -0.1) is 0 Å². The van der Waals surface area contributed by atoms with Gasteiger partial charge in [0.05, 0.1) is 11.2 Å². The molecule has 3 rings (SSSR count). The number of rotatable bonds is 7. The van der Waals surface area contributed by atoms with Crippen LogP contribution in [0.3, 0.4) is 0 Å². The topological polar surface area (TPSA) is 90.8 Å². The van der Waals surface area contributed by atoms with Crippen molar-refractivity contribution in [3.05, 3.63) is 70.7 Å². The van der Waals surface area contributed by atoms with E-state index < -0.39 is 5.91 Å². The molecule has 0 bridgehead atoms. The number of phenols is 1. The van der Waals surface area contributed by atoms with Crippen LogP contribution >= 0.6 is 11.6 Å². The van der Waals surface area contributed by atoms with Gasteiger partial charge in [-0.25, -0.2) is 5.43 Å². The summed E-state index contributed by atoms with van der Waals surface area (Å²) in [5, 5.41) is 18.4. The lowest BCUT2D eigenvalue weighted by Crippen LogP contribution is -2.17. The Balaban J connectivity index is 1.76. The van der Waals surface area contributed by atoms with Crippen molar-refractivity contribution in [2.24, 2.45) is 11.0 Å². The standard InChI is InChI=1S/C24H24ClN3O3/c1-15(2)7-12-23(30)27-21-10-8-17(18-5-3-4-6-19(18)21)14-26-28-24(31)16-9-11-22(29)20(25)13-16/h3-6,8-11,13-15,29H,7,12H2,1-2H3,(H,27,30)(H,28,31). The number of anilines is 1. The van der Waals surface area contributed by atoms with Gasteiger partial charge in [0.1, 0.15) is 5.75 Å². The van der Waals surface area contributed by atoms with Crippen molar-refractivity contribution in [2.45, 2.75) is 26.7 Å². The van der Waals surface area contributed by atoms with Gasteiger partial charge in [-0.2, -0.15) is 5.10 Å². The summed E-state index contributed by atoms with van der Waals surface area (Å²) in [6.45, 7) is 4.18. The van der Waals surface area contributed by atoms with Crippen LogP contribution in [0.5, 0.6) is 5.75 Å². The maximum atomic E-state index is 12.3. The fourth-order valence-electron chi connectivity index (χ4n) is 3.05. The average Bonchev–Trinajstić information content (AvgIpc) is 2.75. The molecular weight excluding hydrogens is 414 g/mol. The number of carbonyl (C=O) groups is 2. The summed E-state index contributed by atoms with van der Waals surface area (Å²) in [6.07, 6.45) is 2.86. The summed E-state index contributed by atoms with van der Waals surface area (Å²) in [7, 11) is 0. The van der Waals surface area contributed by atoms with Crippen LogP contribution < -0.4 is 10.7 Å². The first-order chi connectivity index (χ1) is 14.8. The third kappa shape index (κ3) is 5.83. The number of hydrogen-bond acceptors (Lipinski definition) is 4. The molecule has 0 heterocycles. The molecule has 0 unspecified atom stereocenters. The van der Waals surface area contributed by atoms with E-state index in [1.807, 2.05) is 36.4 Å². The van der Waals surface area contributed by atoms with Crippen molar-refractivity contribution in [3.63, 3.8) is 0 Å². The molecule has 31 heavy (non-hydrogen) atoms. The van der Waals surface area contributed by atoms with Gasteiger partial charge < -0.3 is 10.4 Å². The highest BCUT2D eigenvalue weighted by Gasteiger charge is 2.10. The van der Waals surface area contributed by atoms with E-state index in [0.717, 1.165) is 28.4 Å². The SMILES string of the molecule is CC(C)CCC(=O)Nc1ccc(C=NNC(=O)c2ccc(O)c(Cl)c2)c2ccccc12. The van der Waals surface area contributed by atoms with Crippen LogP contribution in [-0.4, -0.2) is 23.1 Å². The molecule has 7 heteroatoms. The number of nitrogens with zero attached hydrogens (tertiary/aromatic N) is 1. The molecule has 0 aliphatic heterocycles. The Morgan fingerprint density at radius 3 is 2.55 bits per heavy atom. The number of nitrogens with one attached hydrogen (secondary N) is 2. The van der Waals surface area contributed by atoms with Gasteiger partial charge in [-0.1, -0.05) is 55.8 Å². The molecule has 0 aliphatic carbocycles. The number of phenolic OH excluding ortho intramolecular Hbond substituents is 1. The summed E-state index contributed by atoms with van der Waals surface area (Å²) in [6, 6.07) is 15.5. The Hall–Kier alpha value is -3.38. The molecule has 0 aromatic heterocycles. The summed E-state index contributed by atoms with van der Waals surface area (Å²) in [4.78, 5) is 24.5. The summed E-state index contributed by atoms with van der Waals surface area (Å²) >= 11 is 5.84. The van der Waals surface area contributed by atoms with Gasteiger partial charge in [0.15, 0.2) is 0 Å². The van der Waals surface area contributed by atoms with Crippen LogP contribution in [0, 0.1) is 5.92 Å². The Morgan fingerprint density at radius 2 is 1.84 bits per heavy atom. The minimum absolute atomic E-state index is 0.0138. The molecule has 160 valence electrons. The Labute approximate surface area is 185 Å². The molecule has 0 atom stereocenters. The molecule has 3 aromatic rings. The largest absolute Gasteiger partial charge is 0.506 e. The van der Waals surface area contributed by atoms with Gasteiger partial charge in [0, 0.05) is 28.6 Å². The molecule has 0 fully saturated rings. The van der Waals surface area contributed by atoms with Crippen molar-refractivity contribution in [2.75, 3.05) is 5.32 Å².